The van der Waals surface area contributed by atoms with E-state index in [0.717, 1.165) is 28.3 Å². The summed E-state index contributed by atoms with van der Waals surface area (Å²) >= 11 is 6.61. The summed E-state index contributed by atoms with van der Waals surface area (Å²) < 4.78 is 13.7. The van der Waals surface area contributed by atoms with Crippen molar-refractivity contribution in [3.63, 3.8) is 0 Å². The van der Waals surface area contributed by atoms with Gasteiger partial charge in [0.2, 0.25) is 0 Å². The lowest BCUT2D eigenvalue weighted by Crippen LogP contribution is -2.15. The molecule has 0 heterocycles. The first kappa shape index (κ1) is 12.1. The molecule has 0 bridgehead atoms. The van der Waals surface area contributed by atoms with Crippen LogP contribution in [0.5, 0.6) is 0 Å². The van der Waals surface area contributed by atoms with Gasteiger partial charge < -0.3 is 5.32 Å². The minimum Gasteiger partial charge on any atom is -0.313 e. The molecule has 0 saturated carbocycles. The summed E-state index contributed by atoms with van der Waals surface area (Å²) in [4.78, 5) is 0. The third kappa shape index (κ3) is 4.53. The molecule has 14 heavy (non-hydrogen) atoms. The molecule has 78 valence electrons. The van der Waals surface area contributed by atoms with E-state index in [2.05, 4.69) is 37.2 Å². The summed E-state index contributed by atoms with van der Waals surface area (Å²) in [6, 6.07) is 4.93. The van der Waals surface area contributed by atoms with Crippen LogP contribution < -0.4 is 5.32 Å². The van der Waals surface area contributed by atoms with E-state index in [0.29, 0.717) is 6.54 Å². The van der Waals surface area contributed by atoms with E-state index in [9.17, 15) is 4.39 Å². The topological polar surface area (TPSA) is 12.0 Å². The summed E-state index contributed by atoms with van der Waals surface area (Å²) in [6.07, 6.45) is 1.08. The highest BCUT2D eigenvalue weighted by Gasteiger charge is 1.98. The summed E-state index contributed by atoms with van der Waals surface area (Å²) in [5, 5.41) is 4.23. The summed E-state index contributed by atoms with van der Waals surface area (Å²) in [7, 11) is 0. The number of alkyl halides is 1. The minimum absolute atomic E-state index is 0.198. The number of benzene rings is 1. The second-order valence-corrected chi connectivity index (χ2v) is 4.71. The van der Waals surface area contributed by atoms with Crippen LogP contribution in [0.4, 0.5) is 4.39 Å². The van der Waals surface area contributed by atoms with Gasteiger partial charge in [-0.2, -0.15) is 0 Å². The maximum Gasteiger partial charge on any atom is 0.124 e. The van der Waals surface area contributed by atoms with Gasteiger partial charge in [-0.05, 0) is 36.7 Å². The van der Waals surface area contributed by atoms with Gasteiger partial charge in [0.25, 0.3) is 0 Å². The van der Waals surface area contributed by atoms with Crippen LogP contribution in [0.1, 0.15) is 12.0 Å². The zero-order valence-corrected chi connectivity index (χ0v) is 10.9. The van der Waals surface area contributed by atoms with Crippen molar-refractivity contribution >= 4 is 31.9 Å². The van der Waals surface area contributed by atoms with Crippen LogP contribution in [-0.4, -0.2) is 11.9 Å². The number of hydrogen-bond acceptors (Lipinski definition) is 1. The third-order valence-electron chi connectivity index (χ3n) is 1.74. The predicted octanol–water partition coefficient (Wildman–Crippen LogP) is 3.46. The van der Waals surface area contributed by atoms with Crippen LogP contribution in [0.2, 0.25) is 0 Å². The SMILES string of the molecule is Fc1cc(Br)cc(CNCCCBr)c1. The fourth-order valence-electron chi connectivity index (χ4n) is 1.14. The lowest BCUT2D eigenvalue weighted by molar-refractivity contribution is 0.618. The maximum absolute atomic E-state index is 12.9. The lowest BCUT2D eigenvalue weighted by Gasteiger charge is -2.04. The highest BCUT2D eigenvalue weighted by Crippen LogP contribution is 2.14. The highest BCUT2D eigenvalue weighted by molar-refractivity contribution is 9.10. The van der Waals surface area contributed by atoms with Gasteiger partial charge in [0.1, 0.15) is 5.82 Å². The Morgan fingerprint density at radius 1 is 1.29 bits per heavy atom. The monoisotopic (exact) mass is 323 g/mol. The molecule has 0 fully saturated rings. The van der Waals surface area contributed by atoms with Crippen molar-refractivity contribution in [2.45, 2.75) is 13.0 Å². The fourth-order valence-corrected chi connectivity index (χ4v) is 1.93. The summed E-state index contributed by atoms with van der Waals surface area (Å²) in [5.74, 6) is -0.198. The van der Waals surface area contributed by atoms with E-state index >= 15 is 0 Å². The van der Waals surface area contributed by atoms with E-state index in [1.165, 1.54) is 6.07 Å². The lowest BCUT2D eigenvalue weighted by atomic mass is 10.2. The van der Waals surface area contributed by atoms with Crippen molar-refractivity contribution in [3.8, 4) is 0 Å². The van der Waals surface area contributed by atoms with Gasteiger partial charge in [0.05, 0.1) is 0 Å². The Hall–Kier alpha value is 0.0700. The Balaban J connectivity index is 2.42. The van der Waals surface area contributed by atoms with E-state index < -0.39 is 0 Å². The molecule has 0 unspecified atom stereocenters. The Morgan fingerprint density at radius 2 is 2.07 bits per heavy atom. The molecule has 0 aromatic heterocycles. The molecular weight excluding hydrogens is 313 g/mol. The Bertz CT molecular complexity index is 271. The summed E-state index contributed by atoms with van der Waals surface area (Å²) in [5.41, 5.74) is 0.964. The van der Waals surface area contributed by atoms with E-state index in [1.807, 2.05) is 6.07 Å². The molecule has 1 nitrogen and oxygen atoms in total. The van der Waals surface area contributed by atoms with Gasteiger partial charge in [-0.3, -0.25) is 0 Å². The van der Waals surface area contributed by atoms with Crippen molar-refractivity contribution in [1.29, 1.82) is 0 Å². The van der Waals surface area contributed by atoms with Crippen LogP contribution in [0, 0.1) is 5.82 Å². The molecule has 0 radical (unpaired) electrons. The zero-order chi connectivity index (χ0) is 10.4. The molecule has 0 aliphatic rings. The van der Waals surface area contributed by atoms with Gasteiger partial charge in [-0.1, -0.05) is 31.9 Å². The highest BCUT2D eigenvalue weighted by atomic mass is 79.9. The maximum atomic E-state index is 12.9. The molecule has 0 aliphatic carbocycles. The molecule has 1 N–H and O–H groups in total. The van der Waals surface area contributed by atoms with Crippen molar-refractivity contribution in [2.24, 2.45) is 0 Å². The molecule has 1 aromatic rings. The smallest absolute Gasteiger partial charge is 0.124 e. The van der Waals surface area contributed by atoms with Crippen LogP contribution >= 0.6 is 31.9 Å². The largest absolute Gasteiger partial charge is 0.313 e. The van der Waals surface area contributed by atoms with E-state index in [4.69, 9.17) is 0 Å². The number of hydrogen-bond donors (Lipinski definition) is 1. The van der Waals surface area contributed by atoms with E-state index in [1.54, 1.807) is 6.07 Å². The van der Waals surface area contributed by atoms with Crippen LogP contribution in [0.15, 0.2) is 22.7 Å². The molecule has 0 atom stereocenters. The van der Waals surface area contributed by atoms with Gasteiger partial charge in [0, 0.05) is 16.3 Å². The second-order valence-electron chi connectivity index (χ2n) is 3.00. The van der Waals surface area contributed by atoms with Crippen molar-refractivity contribution in [2.75, 3.05) is 11.9 Å². The zero-order valence-electron chi connectivity index (χ0n) is 7.69. The first-order valence-electron chi connectivity index (χ1n) is 4.44. The standard InChI is InChI=1S/C10H12Br2FN/c11-2-1-3-14-7-8-4-9(12)6-10(13)5-8/h4-6,14H,1-3,7H2. The number of halogens is 3. The van der Waals surface area contributed by atoms with Gasteiger partial charge in [-0.25, -0.2) is 4.39 Å². The molecule has 0 aliphatic heterocycles. The predicted molar refractivity (Wildman–Crippen MR) is 64.2 cm³/mol. The number of rotatable bonds is 5. The second kappa shape index (κ2) is 6.53. The van der Waals surface area contributed by atoms with Crippen LogP contribution in [0.3, 0.4) is 0 Å². The Labute approximate surface area is 100 Å². The first-order valence-corrected chi connectivity index (χ1v) is 6.35. The van der Waals surface area contributed by atoms with Crippen LogP contribution in [-0.2, 0) is 6.54 Å². The van der Waals surface area contributed by atoms with Gasteiger partial charge in [0.15, 0.2) is 0 Å². The third-order valence-corrected chi connectivity index (χ3v) is 2.76. The molecule has 4 heteroatoms. The quantitative estimate of drug-likeness (QED) is 0.646. The normalized spacial score (nSPS) is 10.5. The molecule has 0 saturated heterocycles. The van der Waals surface area contributed by atoms with Crippen molar-refractivity contribution in [3.05, 3.63) is 34.1 Å². The van der Waals surface area contributed by atoms with E-state index in [-0.39, 0.29) is 5.82 Å². The molecule has 1 rings (SSSR count). The Morgan fingerprint density at radius 3 is 2.71 bits per heavy atom. The average Bonchev–Trinajstić information content (AvgIpc) is 2.11. The summed E-state index contributed by atoms with van der Waals surface area (Å²) in [6.45, 7) is 1.66. The van der Waals surface area contributed by atoms with Gasteiger partial charge >= 0.3 is 0 Å². The number of nitrogens with one attached hydrogen (secondary N) is 1. The van der Waals surface area contributed by atoms with Crippen molar-refractivity contribution in [1.82, 2.24) is 5.32 Å². The fraction of sp³-hybridized carbons (Fsp3) is 0.400. The molecular formula is C10H12Br2FN. The first-order chi connectivity index (χ1) is 6.72. The average molecular weight is 325 g/mol. The van der Waals surface area contributed by atoms with Crippen LogP contribution in [0.25, 0.3) is 0 Å². The molecule has 1 aromatic carbocycles. The minimum atomic E-state index is -0.198. The molecule has 0 amide bonds. The molecule has 0 spiro atoms. The van der Waals surface area contributed by atoms with Crippen molar-refractivity contribution < 1.29 is 4.39 Å². The Kier molecular flexibility index (Phi) is 5.67. The van der Waals surface area contributed by atoms with Gasteiger partial charge in [-0.15, -0.1) is 0 Å².